The van der Waals surface area contributed by atoms with E-state index in [9.17, 15) is 18.8 Å². The van der Waals surface area contributed by atoms with Crippen molar-refractivity contribution in [3.05, 3.63) is 88.4 Å². The standard InChI is InChI=1S/C24H19FN2O4S/c1-31-23(30)24(14-6-3-2-4-7-14)19-18(20(26-24)17-8-5-13-32-17)21(28)27(22(19)29)16-11-9-15(25)10-12-16/h2-13,18-20,26H,1H3/t18-,19-,20-,24+/m0/s1. The lowest BCUT2D eigenvalue weighted by Gasteiger charge is -2.32. The van der Waals surface area contributed by atoms with Crippen molar-refractivity contribution < 1.29 is 23.5 Å². The van der Waals surface area contributed by atoms with Crippen LogP contribution in [0.5, 0.6) is 0 Å². The molecule has 32 heavy (non-hydrogen) atoms. The number of hydrogen-bond acceptors (Lipinski definition) is 6. The molecule has 2 amide bonds. The number of anilines is 1. The number of benzene rings is 2. The summed E-state index contributed by atoms with van der Waals surface area (Å²) >= 11 is 1.44. The number of rotatable bonds is 4. The Balaban J connectivity index is 1.71. The van der Waals surface area contributed by atoms with Crippen LogP contribution in [0.15, 0.2) is 72.1 Å². The summed E-state index contributed by atoms with van der Waals surface area (Å²) in [5.74, 6) is -3.92. The first kappa shape index (κ1) is 20.5. The van der Waals surface area contributed by atoms with Crippen molar-refractivity contribution in [2.75, 3.05) is 12.0 Å². The van der Waals surface area contributed by atoms with E-state index < -0.39 is 47.0 Å². The van der Waals surface area contributed by atoms with Crippen molar-refractivity contribution in [2.45, 2.75) is 11.6 Å². The van der Waals surface area contributed by atoms with Crippen molar-refractivity contribution in [3.8, 4) is 0 Å². The molecule has 2 aliphatic rings. The van der Waals surface area contributed by atoms with E-state index in [2.05, 4.69) is 5.32 Å². The Morgan fingerprint density at radius 3 is 2.38 bits per heavy atom. The van der Waals surface area contributed by atoms with Crippen LogP contribution in [0, 0.1) is 17.7 Å². The van der Waals surface area contributed by atoms with Crippen molar-refractivity contribution in [1.29, 1.82) is 0 Å². The Hall–Kier alpha value is -3.36. The lowest BCUT2D eigenvalue weighted by Crippen LogP contribution is -2.53. The summed E-state index contributed by atoms with van der Waals surface area (Å²) in [6, 6.07) is 17.2. The molecule has 0 spiro atoms. The Kier molecular flexibility index (Phi) is 4.91. The molecule has 0 aliphatic carbocycles. The highest BCUT2D eigenvalue weighted by Crippen LogP contribution is 2.54. The maximum Gasteiger partial charge on any atom is 0.331 e. The lowest BCUT2D eigenvalue weighted by atomic mass is 9.75. The number of fused-ring (bicyclic) bond motifs is 1. The number of hydrogen-bond donors (Lipinski definition) is 1. The number of amides is 2. The van der Waals surface area contributed by atoms with Crippen LogP contribution < -0.4 is 10.2 Å². The fraction of sp³-hybridized carbons (Fsp3) is 0.208. The highest BCUT2D eigenvalue weighted by Gasteiger charge is 2.69. The Labute approximate surface area is 187 Å². The van der Waals surface area contributed by atoms with Gasteiger partial charge >= 0.3 is 5.97 Å². The zero-order valence-corrected chi connectivity index (χ0v) is 17.8. The van der Waals surface area contributed by atoms with Crippen LogP contribution in [-0.4, -0.2) is 24.9 Å². The number of nitrogens with zero attached hydrogens (tertiary/aromatic N) is 1. The van der Waals surface area contributed by atoms with Crippen molar-refractivity contribution in [1.82, 2.24) is 5.32 Å². The highest BCUT2D eigenvalue weighted by molar-refractivity contribution is 7.10. The molecule has 0 saturated carbocycles. The Morgan fingerprint density at radius 1 is 1.03 bits per heavy atom. The second kappa shape index (κ2) is 7.65. The molecule has 0 bridgehead atoms. The minimum Gasteiger partial charge on any atom is -0.467 e. The molecule has 162 valence electrons. The van der Waals surface area contributed by atoms with Gasteiger partial charge in [0, 0.05) is 4.88 Å². The van der Waals surface area contributed by atoms with E-state index in [1.807, 2.05) is 23.6 Å². The third-order valence-electron chi connectivity index (χ3n) is 6.23. The molecule has 1 N–H and O–H groups in total. The summed E-state index contributed by atoms with van der Waals surface area (Å²) in [5, 5.41) is 5.21. The fourth-order valence-electron chi connectivity index (χ4n) is 4.90. The van der Waals surface area contributed by atoms with Gasteiger partial charge in [-0.05, 0) is 41.3 Å². The highest BCUT2D eigenvalue weighted by atomic mass is 32.1. The van der Waals surface area contributed by atoms with Gasteiger partial charge in [-0.1, -0.05) is 36.4 Å². The molecular formula is C24H19FN2O4S. The minimum absolute atomic E-state index is 0.271. The van der Waals surface area contributed by atoms with E-state index in [1.54, 1.807) is 24.3 Å². The second-order valence-corrected chi connectivity index (χ2v) is 8.77. The van der Waals surface area contributed by atoms with Crippen LogP contribution in [0.25, 0.3) is 0 Å². The summed E-state index contributed by atoms with van der Waals surface area (Å²) in [6.45, 7) is 0. The van der Waals surface area contributed by atoms with E-state index in [1.165, 1.54) is 42.7 Å². The first-order chi connectivity index (χ1) is 15.5. The van der Waals surface area contributed by atoms with E-state index in [0.29, 0.717) is 5.56 Å². The van der Waals surface area contributed by atoms with Gasteiger partial charge in [0.15, 0.2) is 5.54 Å². The van der Waals surface area contributed by atoms with Gasteiger partial charge in [0.2, 0.25) is 11.8 Å². The largest absolute Gasteiger partial charge is 0.467 e. The molecule has 0 unspecified atom stereocenters. The quantitative estimate of drug-likeness (QED) is 0.487. The Morgan fingerprint density at radius 2 is 1.75 bits per heavy atom. The predicted molar refractivity (Wildman–Crippen MR) is 116 cm³/mol. The molecule has 5 rings (SSSR count). The number of imide groups is 1. The SMILES string of the molecule is COC(=O)[C@]1(c2ccccc2)N[C@@H](c2cccs2)[C@H]2C(=O)N(c3ccc(F)cc3)C(=O)[C@H]21. The van der Waals surface area contributed by atoms with Crippen LogP contribution in [0.4, 0.5) is 10.1 Å². The number of ether oxygens (including phenoxy) is 1. The van der Waals surface area contributed by atoms with Gasteiger partial charge in [-0.25, -0.2) is 14.1 Å². The summed E-state index contributed by atoms with van der Waals surface area (Å²) < 4.78 is 18.7. The first-order valence-corrected chi connectivity index (χ1v) is 11.0. The van der Waals surface area contributed by atoms with Crippen LogP contribution in [0.1, 0.15) is 16.5 Å². The zero-order chi connectivity index (χ0) is 22.5. The fourth-order valence-corrected chi connectivity index (χ4v) is 5.72. The molecule has 6 nitrogen and oxygen atoms in total. The average molecular weight is 450 g/mol. The maximum absolute atomic E-state index is 13.8. The number of nitrogens with one attached hydrogen (secondary N) is 1. The van der Waals surface area contributed by atoms with E-state index in [4.69, 9.17) is 4.74 Å². The van der Waals surface area contributed by atoms with Gasteiger partial charge in [0.1, 0.15) is 5.82 Å². The zero-order valence-electron chi connectivity index (χ0n) is 17.0. The number of carbonyl (C=O) groups is 3. The molecule has 2 aromatic carbocycles. The Bertz CT molecular complexity index is 1180. The molecule has 2 saturated heterocycles. The molecule has 3 heterocycles. The number of halogens is 1. The molecule has 1 aromatic heterocycles. The van der Waals surface area contributed by atoms with Gasteiger partial charge < -0.3 is 4.74 Å². The number of esters is 1. The molecule has 0 radical (unpaired) electrons. The monoisotopic (exact) mass is 450 g/mol. The van der Waals surface area contributed by atoms with Gasteiger partial charge in [0.05, 0.1) is 30.7 Å². The third-order valence-corrected chi connectivity index (χ3v) is 7.19. The normalized spacial score (nSPS) is 26.9. The first-order valence-electron chi connectivity index (χ1n) is 10.1. The van der Waals surface area contributed by atoms with E-state index in [-0.39, 0.29) is 5.69 Å². The van der Waals surface area contributed by atoms with Crippen molar-refractivity contribution in [3.63, 3.8) is 0 Å². The lowest BCUT2D eigenvalue weighted by molar-refractivity contribution is -0.152. The van der Waals surface area contributed by atoms with E-state index >= 15 is 0 Å². The van der Waals surface area contributed by atoms with Crippen LogP contribution in [0.2, 0.25) is 0 Å². The molecule has 8 heteroatoms. The van der Waals surface area contributed by atoms with E-state index in [0.717, 1.165) is 9.78 Å². The maximum atomic E-state index is 13.8. The third kappa shape index (κ3) is 2.83. The van der Waals surface area contributed by atoms with Gasteiger partial charge in [0.25, 0.3) is 0 Å². The second-order valence-electron chi connectivity index (χ2n) is 7.79. The van der Waals surface area contributed by atoms with Crippen LogP contribution >= 0.6 is 11.3 Å². The average Bonchev–Trinajstić information content (AvgIpc) is 3.52. The summed E-state index contributed by atoms with van der Waals surface area (Å²) in [4.78, 5) is 42.6. The number of carbonyl (C=O) groups excluding carboxylic acids is 3. The topological polar surface area (TPSA) is 75.7 Å². The summed E-state index contributed by atoms with van der Waals surface area (Å²) in [5.41, 5.74) is -0.729. The molecule has 4 atom stereocenters. The number of methoxy groups -OCH3 is 1. The van der Waals surface area contributed by atoms with Gasteiger partial charge in [-0.3, -0.25) is 14.9 Å². The van der Waals surface area contributed by atoms with Gasteiger partial charge in [-0.15, -0.1) is 11.3 Å². The summed E-state index contributed by atoms with van der Waals surface area (Å²) in [6.07, 6.45) is 0. The van der Waals surface area contributed by atoms with Gasteiger partial charge in [-0.2, -0.15) is 0 Å². The molecular weight excluding hydrogens is 431 g/mol. The predicted octanol–water partition coefficient (Wildman–Crippen LogP) is 3.41. The minimum atomic E-state index is -1.54. The molecule has 2 aliphatic heterocycles. The smallest absolute Gasteiger partial charge is 0.331 e. The van der Waals surface area contributed by atoms with Crippen molar-refractivity contribution in [2.24, 2.45) is 11.8 Å². The van der Waals surface area contributed by atoms with Crippen LogP contribution in [-0.2, 0) is 24.7 Å². The number of thiophene rings is 1. The molecule has 2 fully saturated rings. The molecule has 3 aromatic rings. The van der Waals surface area contributed by atoms with Crippen LogP contribution in [0.3, 0.4) is 0 Å². The summed E-state index contributed by atoms with van der Waals surface area (Å²) in [7, 11) is 1.27. The van der Waals surface area contributed by atoms with Crippen molar-refractivity contribution >= 4 is 34.8 Å².